The molecule has 0 spiro atoms. The van der Waals surface area contributed by atoms with Crippen LogP contribution in [0, 0.1) is 17.0 Å². The van der Waals surface area contributed by atoms with Gasteiger partial charge in [0.1, 0.15) is 28.9 Å². The number of halogens is 2. The molecule has 13 heteroatoms. The molecule has 11 nitrogen and oxygen atoms in total. The molecule has 3 amide bonds. The number of imidazole rings is 1. The number of pyridine rings is 1. The Bertz CT molecular complexity index is 1550. The Morgan fingerprint density at radius 3 is 2.57 bits per heavy atom. The molecule has 3 N–H and O–H groups in total. The second-order valence-corrected chi connectivity index (χ2v) is 11.2. The number of aromatic nitrogens is 3. The van der Waals surface area contributed by atoms with Crippen LogP contribution in [0.25, 0.3) is 11.0 Å². The van der Waals surface area contributed by atoms with Crippen molar-refractivity contribution in [3.63, 3.8) is 0 Å². The molecule has 0 radical (unpaired) electrons. The van der Waals surface area contributed by atoms with E-state index in [2.05, 4.69) is 25.3 Å². The maximum absolute atomic E-state index is 14.7. The number of likely N-dealkylation sites (N-methyl/N-ethyl adjacent to an activating group) is 1. The Labute approximate surface area is 241 Å². The molecule has 3 aromatic rings. The SMILES string of the molecule is COC(=O)NC(CCC=CC(=O)N(C)C)C(=O)Nc1cccn(Cc2nc3c(CC(C)(C)C)c(F)cc(F)c3[nH]2)c1=O. The van der Waals surface area contributed by atoms with Gasteiger partial charge in [-0.25, -0.2) is 18.6 Å². The van der Waals surface area contributed by atoms with Crippen LogP contribution in [0.15, 0.2) is 41.3 Å². The van der Waals surface area contributed by atoms with Gasteiger partial charge in [-0.1, -0.05) is 26.8 Å². The van der Waals surface area contributed by atoms with E-state index in [-0.39, 0.29) is 58.8 Å². The van der Waals surface area contributed by atoms with Gasteiger partial charge in [-0.05, 0) is 42.9 Å². The first kappa shape index (κ1) is 32.0. The highest BCUT2D eigenvalue weighted by atomic mass is 19.1. The van der Waals surface area contributed by atoms with Crippen LogP contribution < -0.4 is 16.2 Å². The quantitative estimate of drug-likeness (QED) is 0.310. The molecule has 0 aliphatic heterocycles. The monoisotopic (exact) mass is 586 g/mol. The van der Waals surface area contributed by atoms with Crippen LogP contribution in [-0.4, -0.2) is 64.6 Å². The fourth-order valence-corrected chi connectivity index (χ4v) is 4.17. The first-order valence-electron chi connectivity index (χ1n) is 13.3. The number of allylic oxidation sites excluding steroid dienone is 1. The number of methoxy groups -OCH3 is 1. The molecule has 1 aromatic carbocycles. The van der Waals surface area contributed by atoms with Crippen LogP contribution in [0.5, 0.6) is 0 Å². The summed E-state index contributed by atoms with van der Waals surface area (Å²) in [5, 5.41) is 4.95. The molecule has 1 unspecified atom stereocenters. The van der Waals surface area contributed by atoms with Gasteiger partial charge in [0.15, 0.2) is 5.82 Å². The smallest absolute Gasteiger partial charge is 0.407 e. The fraction of sp³-hybridized carbons (Fsp3) is 0.414. The summed E-state index contributed by atoms with van der Waals surface area (Å²) in [7, 11) is 4.36. The number of rotatable bonds is 10. The number of amides is 3. The number of hydrogen-bond donors (Lipinski definition) is 3. The molecular weight excluding hydrogens is 550 g/mol. The third-order valence-electron chi connectivity index (χ3n) is 6.24. The molecule has 3 rings (SSSR count). The summed E-state index contributed by atoms with van der Waals surface area (Å²) in [4.78, 5) is 58.4. The summed E-state index contributed by atoms with van der Waals surface area (Å²) < 4.78 is 35.1. The van der Waals surface area contributed by atoms with E-state index in [0.717, 1.165) is 13.2 Å². The molecule has 0 bridgehead atoms. The highest BCUT2D eigenvalue weighted by molar-refractivity contribution is 5.96. The van der Waals surface area contributed by atoms with Gasteiger partial charge in [-0.15, -0.1) is 0 Å². The topological polar surface area (TPSA) is 138 Å². The minimum absolute atomic E-state index is 0.0428. The number of hydrogen-bond acceptors (Lipinski definition) is 6. The minimum Gasteiger partial charge on any atom is -0.453 e. The van der Waals surface area contributed by atoms with Crippen LogP contribution in [0.2, 0.25) is 0 Å². The number of ether oxygens (including phenoxy) is 1. The average molecular weight is 587 g/mol. The van der Waals surface area contributed by atoms with E-state index in [1.807, 2.05) is 20.8 Å². The zero-order valence-electron chi connectivity index (χ0n) is 24.5. The summed E-state index contributed by atoms with van der Waals surface area (Å²) >= 11 is 0. The lowest BCUT2D eigenvalue weighted by atomic mass is 9.87. The average Bonchev–Trinajstić information content (AvgIpc) is 3.34. The highest BCUT2D eigenvalue weighted by Crippen LogP contribution is 2.29. The zero-order chi connectivity index (χ0) is 31.2. The van der Waals surface area contributed by atoms with E-state index in [1.54, 1.807) is 20.2 Å². The lowest BCUT2D eigenvalue weighted by Crippen LogP contribution is -2.44. The van der Waals surface area contributed by atoms with Gasteiger partial charge < -0.3 is 29.8 Å². The fourth-order valence-electron chi connectivity index (χ4n) is 4.17. The molecule has 2 heterocycles. The van der Waals surface area contributed by atoms with Crippen molar-refractivity contribution in [3.8, 4) is 0 Å². The number of aromatic amines is 1. The number of fused-ring (bicyclic) bond motifs is 1. The number of benzene rings is 1. The summed E-state index contributed by atoms with van der Waals surface area (Å²) in [6.45, 7) is 5.69. The predicted octanol–water partition coefficient (Wildman–Crippen LogP) is 3.73. The Hall–Kier alpha value is -4.55. The molecule has 226 valence electrons. The second-order valence-electron chi connectivity index (χ2n) is 11.2. The van der Waals surface area contributed by atoms with Crippen molar-refractivity contribution in [2.24, 2.45) is 5.41 Å². The van der Waals surface area contributed by atoms with Crippen LogP contribution in [0.1, 0.15) is 45.0 Å². The third-order valence-corrected chi connectivity index (χ3v) is 6.24. The van der Waals surface area contributed by atoms with E-state index in [1.165, 1.54) is 33.9 Å². The Kier molecular flexibility index (Phi) is 10.2. The Morgan fingerprint density at radius 1 is 1.21 bits per heavy atom. The number of nitrogens with zero attached hydrogens (tertiary/aromatic N) is 3. The summed E-state index contributed by atoms with van der Waals surface area (Å²) in [5.74, 6) is -2.16. The van der Waals surface area contributed by atoms with Gasteiger partial charge in [0.05, 0.1) is 19.2 Å². The van der Waals surface area contributed by atoms with Crippen LogP contribution in [0.4, 0.5) is 19.3 Å². The molecule has 0 saturated heterocycles. The van der Waals surface area contributed by atoms with Gasteiger partial charge in [-0.3, -0.25) is 14.4 Å². The standard InChI is InChI=1S/C29H36F2N6O5/c1-29(2,3)15-17-18(30)14-19(31)25-24(17)34-22(35-25)16-37-13-9-11-21(27(37)40)32-26(39)20(33-28(41)42-6)10-7-8-12-23(38)36(4)5/h8-9,11-14,20H,7,10,15-16H2,1-6H3,(H,32,39)(H,33,41)(H,34,35). The summed E-state index contributed by atoms with van der Waals surface area (Å²) in [6, 6.07) is 2.68. The van der Waals surface area contributed by atoms with Crippen molar-refractivity contribution < 1.29 is 27.9 Å². The van der Waals surface area contributed by atoms with Gasteiger partial charge in [0.2, 0.25) is 11.8 Å². The number of nitrogens with one attached hydrogen (secondary N) is 3. The van der Waals surface area contributed by atoms with Crippen molar-refractivity contribution in [2.45, 2.75) is 52.6 Å². The second kappa shape index (κ2) is 13.4. The maximum atomic E-state index is 14.7. The number of anilines is 1. The normalized spacial score (nSPS) is 12.4. The molecule has 0 aliphatic carbocycles. The third kappa shape index (κ3) is 8.24. The Balaban J connectivity index is 1.82. The Morgan fingerprint density at radius 2 is 1.93 bits per heavy atom. The number of carbonyl (C=O) groups excluding carboxylic acids is 3. The van der Waals surface area contributed by atoms with Gasteiger partial charge in [0.25, 0.3) is 5.56 Å². The maximum Gasteiger partial charge on any atom is 0.407 e. The van der Waals surface area contributed by atoms with E-state index in [9.17, 15) is 28.0 Å². The molecule has 1 atom stereocenters. The van der Waals surface area contributed by atoms with Gasteiger partial charge >= 0.3 is 6.09 Å². The highest BCUT2D eigenvalue weighted by Gasteiger charge is 2.23. The number of alkyl carbamates (subject to hydrolysis) is 1. The number of carbonyl (C=O) groups is 3. The first-order valence-corrected chi connectivity index (χ1v) is 13.3. The molecule has 42 heavy (non-hydrogen) atoms. The summed E-state index contributed by atoms with van der Waals surface area (Å²) in [5.41, 5.74) is -0.455. The van der Waals surface area contributed by atoms with E-state index in [0.29, 0.717) is 6.42 Å². The minimum atomic E-state index is -1.07. The molecule has 0 saturated carbocycles. The molecule has 0 fully saturated rings. The molecular formula is C29H36F2N6O5. The summed E-state index contributed by atoms with van der Waals surface area (Å²) in [6.07, 6.45) is 4.28. The van der Waals surface area contributed by atoms with E-state index in [4.69, 9.17) is 0 Å². The van der Waals surface area contributed by atoms with Crippen LogP contribution in [0.3, 0.4) is 0 Å². The largest absolute Gasteiger partial charge is 0.453 e. The first-order chi connectivity index (χ1) is 19.7. The zero-order valence-corrected chi connectivity index (χ0v) is 24.5. The van der Waals surface area contributed by atoms with Gasteiger partial charge in [-0.2, -0.15) is 0 Å². The number of H-pyrrole nitrogens is 1. The van der Waals surface area contributed by atoms with Gasteiger partial charge in [0, 0.05) is 31.9 Å². The van der Waals surface area contributed by atoms with Crippen molar-refractivity contribution >= 4 is 34.6 Å². The van der Waals surface area contributed by atoms with E-state index >= 15 is 0 Å². The van der Waals surface area contributed by atoms with Crippen molar-refractivity contribution in [1.82, 2.24) is 24.8 Å². The molecule has 2 aromatic heterocycles. The predicted molar refractivity (Wildman–Crippen MR) is 154 cm³/mol. The van der Waals surface area contributed by atoms with E-state index < -0.39 is 35.2 Å². The van der Waals surface area contributed by atoms with Crippen molar-refractivity contribution in [2.75, 3.05) is 26.5 Å². The molecule has 0 aliphatic rings. The lowest BCUT2D eigenvalue weighted by Gasteiger charge is -2.18. The van der Waals surface area contributed by atoms with Crippen LogP contribution in [-0.2, 0) is 27.3 Å². The lowest BCUT2D eigenvalue weighted by molar-refractivity contribution is -0.123. The van der Waals surface area contributed by atoms with Crippen molar-refractivity contribution in [1.29, 1.82) is 0 Å². The van der Waals surface area contributed by atoms with Crippen molar-refractivity contribution in [3.05, 3.63) is 69.9 Å². The van der Waals surface area contributed by atoms with Crippen LogP contribution >= 0.6 is 0 Å².